The number of hydrogen-bond donors (Lipinski definition) is 0. The maximum Gasteiger partial charge on any atom is 0.0480 e. The molecule has 0 amide bonds. The van der Waals surface area contributed by atoms with Gasteiger partial charge in [-0.3, -0.25) is 4.90 Å². The molecule has 70 valence electrons. The highest BCUT2D eigenvalue weighted by molar-refractivity contribution is 4.83. The summed E-state index contributed by atoms with van der Waals surface area (Å²) in [7, 11) is 2.19. The molecule has 1 rings (SSSR count). The van der Waals surface area contributed by atoms with E-state index in [1.807, 2.05) is 0 Å². The lowest BCUT2D eigenvalue weighted by Crippen LogP contribution is -2.36. The highest BCUT2D eigenvalue weighted by atomic mass is 16.5. The lowest BCUT2D eigenvalue weighted by Gasteiger charge is -2.30. The van der Waals surface area contributed by atoms with Crippen LogP contribution in [-0.4, -0.2) is 37.7 Å². The van der Waals surface area contributed by atoms with Crippen molar-refractivity contribution in [2.24, 2.45) is 0 Å². The summed E-state index contributed by atoms with van der Waals surface area (Å²) >= 11 is 0. The third kappa shape index (κ3) is 2.95. The molecule has 0 unspecified atom stereocenters. The summed E-state index contributed by atoms with van der Waals surface area (Å²) in [5, 5.41) is 0. The van der Waals surface area contributed by atoms with Crippen molar-refractivity contribution < 1.29 is 4.74 Å². The number of allylic oxidation sites excluding steroid dienone is 1. The molecular weight excluding hydrogens is 150 g/mol. The average molecular weight is 169 g/mol. The zero-order valence-corrected chi connectivity index (χ0v) is 8.12. The van der Waals surface area contributed by atoms with Gasteiger partial charge in [-0.1, -0.05) is 12.2 Å². The molecule has 0 atom stereocenters. The Bertz CT molecular complexity index is 139. The fraction of sp³-hybridized carbons (Fsp3) is 0.800. The second kappa shape index (κ2) is 5.33. The monoisotopic (exact) mass is 169 g/mol. The third-order valence-electron chi connectivity index (χ3n) is 2.44. The molecule has 12 heavy (non-hydrogen) atoms. The van der Waals surface area contributed by atoms with Crippen LogP contribution in [0.5, 0.6) is 0 Å². The molecule has 0 saturated carbocycles. The Hall–Kier alpha value is -0.340. The first kappa shape index (κ1) is 9.75. The number of ether oxygens (including phenoxy) is 1. The minimum atomic E-state index is 0.731. The first-order chi connectivity index (χ1) is 5.84. The van der Waals surface area contributed by atoms with Crippen LogP contribution in [0, 0.1) is 0 Å². The van der Waals surface area contributed by atoms with Crippen LogP contribution < -0.4 is 0 Å². The molecule has 1 heterocycles. The van der Waals surface area contributed by atoms with Crippen LogP contribution in [0.2, 0.25) is 0 Å². The van der Waals surface area contributed by atoms with Gasteiger partial charge < -0.3 is 4.74 Å². The summed E-state index contributed by atoms with van der Waals surface area (Å²) < 4.78 is 5.31. The molecule has 1 saturated heterocycles. The smallest absolute Gasteiger partial charge is 0.0480 e. The summed E-state index contributed by atoms with van der Waals surface area (Å²) in [6.45, 7) is 5.01. The van der Waals surface area contributed by atoms with Gasteiger partial charge in [0.15, 0.2) is 0 Å². The van der Waals surface area contributed by atoms with Crippen molar-refractivity contribution in [2.75, 3.05) is 26.8 Å². The van der Waals surface area contributed by atoms with Gasteiger partial charge in [0.05, 0.1) is 0 Å². The van der Waals surface area contributed by atoms with E-state index in [0.29, 0.717) is 0 Å². The maximum absolute atomic E-state index is 5.31. The van der Waals surface area contributed by atoms with E-state index in [0.717, 1.165) is 25.8 Å². The van der Waals surface area contributed by atoms with E-state index in [4.69, 9.17) is 4.74 Å². The molecule has 0 N–H and O–H groups in total. The van der Waals surface area contributed by atoms with Crippen LogP contribution in [-0.2, 0) is 4.74 Å². The van der Waals surface area contributed by atoms with Crippen LogP contribution in [0.15, 0.2) is 12.2 Å². The highest BCUT2D eigenvalue weighted by Crippen LogP contribution is 2.12. The number of rotatable bonds is 3. The summed E-state index contributed by atoms with van der Waals surface area (Å²) in [6, 6.07) is 0.731. The van der Waals surface area contributed by atoms with Gasteiger partial charge in [0.2, 0.25) is 0 Å². The van der Waals surface area contributed by atoms with E-state index >= 15 is 0 Å². The normalized spacial score (nSPS) is 20.9. The molecule has 0 aromatic carbocycles. The Morgan fingerprint density at radius 3 is 2.67 bits per heavy atom. The fourth-order valence-electron chi connectivity index (χ4n) is 1.55. The molecule has 0 bridgehead atoms. The quantitative estimate of drug-likeness (QED) is 0.596. The molecular formula is C10H19NO. The number of nitrogens with zero attached hydrogens (tertiary/aromatic N) is 1. The van der Waals surface area contributed by atoms with Crippen molar-refractivity contribution >= 4 is 0 Å². The predicted octanol–water partition coefficient (Wildman–Crippen LogP) is 1.67. The molecule has 0 aliphatic carbocycles. The van der Waals surface area contributed by atoms with E-state index in [1.54, 1.807) is 0 Å². The zero-order valence-electron chi connectivity index (χ0n) is 8.12. The third-order valence-corrected chi connectivity index (χ3v) is 2.44. The van der Waals surface area contributed by atoms with E-state index in [-0.39, 0.29) is 0 Å². The summed E-state index contributed by atoms with van der Waals surface area (Å²) in [6.07, 6.45) is 6.69. The van der Waals surface area contributed by atoms with Gasteiger partial charge in [0, 0.05) is 25.8 Å². The van der Waals surface area contributed by atoms with Crippen molar-refractivity contribution in [2.45, 2.75) is 25.8 Å². The van der Waals surface area contributed by atoms with Crippen LogP contribution in [0.3, 0.4) is 0 Å². The van der Waals surface area contributed by atoms with Gasteiger partial charge in [0.25, 0.3) is 0 Å². The molecule has 2 heteroatoms. The molecule has 1 aliphatic rings. The molecule has 0 aromatic rings. The van der Waals surface area contributed by atoms with Gasteiger partial charge in [-0.05, 0) is 26.8 Å². The van der Waals surface area contributed by atoms with E-state index < -0.39 is 0 Å². The lowest BCUT2D eigenvalue weighted by atomic mass is 10.1. The first-order valence-corrected chi connectivity index (χ1v) is 4.73. The summed E-state index contributed by atoms with van der Waals surface area (Å²) in [5.74, 6) is 0. The molecule has 1 fully saturated rings. The van der Waals surface area contributed by atoms with Crippen LogP contribution >= 0.6 is 0 Å². The van der Waals surface area contributed by atoms with E-state index in [9.17, 15) is 0 Å². The second-order valence-electron chi connectivity index (χ2n) is 3.35. The van der Waals surface area contributed by atoms with Crippen LogP contribution in [0.25, 0.3) is 0 Å². The fourth-order valence-corrected chi connectivity index (χ4v) is 1.55. The first-order valence-electron chi connectivity index (χ1n) is 4.73. The Kier molecular flexibility index (Phi) is 4.33. The predicted molar refractivity (Wildman–Crippen MR) is 51.3 cm³/mol. The SMILES string of the molecule is CC=CCN(C)C1CCOCC1. The van der Waals surface area contributed by atoms with Crippen molar-refractivity contribution in [1.29, 1.82) is 0 Å². The highest BCUT2D eigenvalue weighted by Gasteiger charge is 2.16. The van der Waals surface area contributed by atoms with Crippen molar-refractivity contribution in [3.05, 3.63) is 12.2 Å². The Labute approximate surface area is 75.2 Å². The number of hydrogen-bond acceptors (Lipinski definition) is 2. The van der Waals surface area contributed by atoms with Crippen molar-refractivity contribution in [3.8, 4) is 0 Å². The molecule has 0 radical (unpaired) electrons. The Morgan fingerprint density at radius 1 is 1.42 bits per heavy atom. The van der Waals surface area contributed by atoms with Gasteiger partial charge >= 0.3 is 0 Å². The lowest BCUT2D eigenvalue weighted by molar-refractivity contribution is 0.0465. The molecule has 2 nitrogen and oxygen atoms in total. The van der Waals surface area contributed by atoms with Crippen LogP contribution in [0.4, 0.5) is 0 Å². The van der Waals surface area contributed by atoms with Gasteiger partial charge in [-0.25, -0.2) is 0 Å². The maximum atomic E-state index is 5.31. The number of likely N-dealkylation sites (N-methyl/N-ethyl adjacent to an activating group) is 1. The Morgan fingerprint density at radius 2 is 2.08 bits per heavy atom. The van der Waals surface area contributed by atoms with Gasteiger partial charge in [-0.2, -0.15) is 0 Å². The zero-order chi connectivity index (χ0) is 8.81. The van der Waals surface area contributed by atoms with Crippen molar-refractivity contribution in [1.82, 2.24) is 4.90 Å². The van der Waals surface area contributed by atoms with Crippen molar-refractivity contribution in [3.63, 3.8) is 0 Å². The minimum absolute atomic E-state index is 0.731. The molecule has 0 spiro atoms. The van der Waals surface area contributed by atoms with Crippen LogP contribution in [0.1, 0.15) is 19.8 Å². The van der Waals surface area contributed by atoms with Gasteiger partial charge in [0.1, 0.15) is 0 Å². The van der Waals surface area contributed by atoms with E-state index in [2.05, 4.69) is 31.0 Å². The standard InChI is InChI=1S/C10H19NO/c1-3-4-7-11(2)10-5-8-12-9-6-10/h3-4,10H,5-9H2,1-2H3. The summed E-state index contributed by atoms with van der Waals surface area (Å²) in [4.78, 5) is 2.41. The minimum Gasteiger partial charge on any atom is -0.381 e. The average Bonchev–Trinajstić information content (AvgIpc) is 2.15. The largest absolute Gasteiger partial charge is 0.381 e. The summed E-state index contributed by atoms with van der Waals surface area (Å²) in [5.41, 5.74) is 0. The topological polar surface area (TPSA) is 12.5 Å². The second-order valence-corrected chi connectivity index (χ2v) is 3.35. The molecule has 0 aromatic heterocycles. The van der Waals surface area contributed by atoms with Gasteiger partial charge in [-0.15, -0.1) is 0 Å². The Balaban J connectivity index is 2.24. The van der Waals surface area contributed by atoms with E-state index in [1.165, 1.54) is 12.8 Å². The molecule has 1 aliphatic heterocycles.